The summed E-state index contributed by atoms with van der Waals surface area (Å²) in [6.45, 7) is 1.10. The van der Waals surface area contributed by atoms with E-state index in [4.69, 9.17) is 10.00 Å². The van der Waals surface area contributed by atoms with Gasteiger partial charge in [-0.25, -0.2) is 4.39 Å². The number of hydrogen-bond acceptors (Lipinski definition) is 4. The van der Waals surface area contributed by atoms with Crippen LogP contribution in [0.1, 0.15) is 11.1 Å². The molecule has 0 bridgehead atoms. The van der Waals surface area contributed by atoms with Crippen molar-refractivity contribution in [3.05, 3.63) is 65.5 Å². The average molecular weight is 300 g/mol. The van der Waals surface area contributed by atoms with E-state index >= 15 is 0 Å². The maximum Gasteiger partial charge on any atom is 0.123 e. The fraction of sp³-hybridized carbons (Fsp3) is 0.235. The summed E-state index contributed by atoms with van der Waals surface area (Å²) >= 11 is 0. The zero-order valence-corrected chi connectivity index (χ0v) is 12.0. The monoisotopic (exact) mass is 300 g/mol. The maximum absolute atomic E-state index is 12.7. The number of aliphatic hydroxyl groups excluding tert-OH is 1. The summed E-state index contributed by atoms with van der Waals surface area (Å²) < 4.78 is 18.1. The third-order valence-electron chi connectivity index (χ3n) is 3.05. The number of nitrogens with zero attached hydrogens (tertiary/aromatic N) is 1. The van der Waals surface area contributed by atoms with Gasteiger partial charge in [-0.3, -0.25) is 0 Å². The highest BCUT2D eigenvalue weighted by Crippen LogP contribution is 2.11. The molecule has 5 heteroatoms. The van der Waals surface area contributed by atoms with Crippen LogP contribution in [0.3, 0.4) is 0 Å². The van der Waals surface area contributed by atoms with Gasteiger partial charge in [0, 0.05) is 13.1 Å². The summed E-state index contributed by atoms with van der Waals surface area (Å²) in [5.41, 5.74) is 1.65. The Morgan fingerprint density at radius 2 is 1.82 bits per heavy atom. The molecule has 22 heavy (non-hydrogen) atoms. The molecule has 0 aliphatic heterocycles. The van der Waals surface area contributed by atoms with E-state index in [0.717, 1.165) is 5.56 Å². The molecule has 2 N–H and O–H groups in total. The molecule has 0 aliphatic rings. The standard InChI is InChI=1S/C17H17FN2O2/c18-15-5-7-17(8-6-15)22-12-16(21)11-20-10-14-3-1-13(9-19)2-4-14/h1-8,16,20-21H,10-12H2. The van der Waals surface area contributed by atoms with Gasteiger partial charge < -0.3 is 15.2 Å². The molecular weight excluding hydrogens is 283 g/mol. The molecule has 0 aliphatic carbocycles. The SMILES string of the molecule is N#Cc1ccc(CNCC(O)COc2ccc(F)cc2)cc1. The Morgan fingerprint density at radius 1 is 1.14 bits per heavy atom. The van der Waals surface area contributed by atoms with E-state index in [2.05, 4.69) is 11.4 Å². The van der Waals surface area contributed by atoms with E-state index in [1.807, 2.05) is 12.1 Å². The van der Waals surface area contributed by atoms with Crippen LogP contribution >= 0.6 is 0 Å². The quantitative estimate of drug-likeness (QED) is 0.823. The molecule has 2 aromatic rings. The van der Waals surface area contributed by atoms with Gasteiger partial charge in [-0.15, -0.1) is 0 Å². The molecule has 0 radical (unpaired) electrons. The second-order valence-electron chi connectivity index (χ2n) is 4.86. The van der Waals surface area contributed by atoms with Gasteiger partial charge in [0.25, 0.3) is 0 Å². The Kier molecular flexibility index (Phi) is 5.90. The fourth-order valence-corrected chi connectivity index (χ4v) is 1.86. The molecule has 2 aromatic carbocycles. The minimum Gasteiger partial charge on any atom is -0.491 e. The molecule has 0 amide bonds. The minimum atomic E-state index is -0.663. The number of nitrogens with one attached hydrogen (secondary N) is 1. The number of nitriles is 1. The van der Waals surface area contributed by atoms with Crippen LogP contribution in [-0.4, -0.2) is 24.4 Å². The summed E-state index contributed by atoms with van der Waals surface area (Å²) in [5, 5.41) is 21.6. The van der Waals surface area contributed by atoms with Crippen molar-refractivity contribution in [2.24, 2.45) is 0 Å². The van der Waals surface area contributed by atoms with Crippen molar-refractivity contribution < 1.29 is 14.2 Å². The first-order chi connectivity index (χ1) is 10.7. The van der Waals surface area contributed by atoms with Gasteiger partial charge >= 0.3 is 0 Å². The zero-order chi connectivity index (χ0) is 15.8. The van der Waals surface area contributed by atoms with Crippen molar-refractivity contribution in [2.45, 2.75) is 12.6 Å². The Bertz CT molecular complexity index is 621. The topological polar surface area (TPSA) is 65.3 Å². The fourth-order valence-electron chi connectivity index (χ4n) is 1.86. The summed E-state index contributed by atoms with van der Waals surface area (Å²) in [4.78, 5) is 0. The van der Waals surface area contributed by atoms with Gasteiger partial charge in [0.05, 0.1) is 11.6 Å². The van der Waals surface area contributed by atoms with E-state index < -0.39 is 6.10 Å². The highest BCUT2D eigenvalue weighted by atomic mass is 19.1. The predicted molar refractivity (Wildman–Crippen MR) is 80.8 cm³/mol. The second-order valence-corrected chi connectivity index (χ2v) is 4.86. The lowest BCUT2D eigenvalue weighted by molar-refractivity contribution is 0.106. The van der Waals surface area contributed by atoms with Gasteiger partial charge in [-0.05, 0) is 42.0 Å². The van der Waals surface area contributed by atoms with E-state index in [-0.39, 0.29) is 12.4 Å². The van der Waals surface area contributed by atoms with Crippen LogP contribution in [0.2, 0.25) is 0 Å². The Morgan fingerprint density at radius 3 is 2.45 bits per heavy atom. The number of halogens is 1. The number of hydrogen-bond donors (Lipinski definition) is 2. The Balaban J connectivity index is 1.67. The van der Waals surface area contributed by atoms with Crippen LogP contribution in [-0.2, 0) is 6.54 Å². The van der Waals surface area contributed by atoms with Crippen molar-refractivity contribution in [1.29, 1.82) is 5.26 Å². The molecule has 1 atom stereocenters. The van der Waals surface area contributed by atoms with Crippen molar-refractivity contribution in [2.75, 3.05) is 13.2 Å². The predicted octanol–water partition coefficient (Wildman–Crippen LogP) is 2.23. The van der Waals surface area contributed by atoms with Crippen LogP contribution in [0, 0.1) is 17.1 Å². The molecule has 0 saturated heterocycles. The summed E-state index contributed by atoms with van der Waals surface area (Å²) in [7, 11) is 0. The minimum absolute atomic E-state index is 0.131. The first-order valence-electron chi connectivity index (χ1n) is 6.93. The molecule has 1 unspecified atom stereocenters. The summed E-state index contributed by atoms with van der Waals surface area (Å²) in [6, 6.07) is 15.0. The van der Waals surface area contributed by atoms with Crippen LogP contribution in [0.5, 0.6) is 5.75 Å². The number of ether oxygens (including phenoxy) is 1. The first-order valence-corrected chi connectivity index (χ1v) is 6.93. The number of benzene rings is 2. The largest absolute Gasteiger partial charge is 0.491 e. The molecule has 0 fully saturated rings. The van der Waals surface area contributed by atoms with Crippen LogP contribution in [0.15, 0.2) is 48.5 Å². The van der Waals surface area contributed by atoms with E-state index in [0.29, 0.717) is 24.4 Å². The lowest BCUT2D eigenvalue weighted by Gasteiger charge is -2.13. The van der Waals surface area contributed by atoms with Gasteiger partial charge in [0.2, 0.25) is 0 Å². The Labute approximate surface area is 128 Å². The summed E-state index contributed by atoms with van der Waals surface area (Å²) in [5.74, 6) is 0.199. The van der Waals surface area contributed by atoms with Crippen molar-refractivity contribution in [3.63, 3.8) is 0 Å². The molecule has 2 rings (SSSR count). The highest BCUT2D eigenvalue weighted by molar-refractivity contribution is 5.31. The normalized spacial score (nSPS) is 11.7. The number of rotatable bonds is 7. The zero-order valence-electron chi connectivity index (χ0n) is 12.0. The van der Waals surface area contributed by atoms with Crippen LogP contribution < -0.4 is 10.1 Å². The van der Waals surface area contributed by atoms with Crippen LogP contribution in [0.4, 0.5) is 4.39 Å². The molecule has 0 saturated carbocycles. The highest BCUT2D eigenvalue weighted by Gasteiger charge is 2.05. The summed E-state index contributed by atoms with van der Waals surface area (Å²) in [6.07, 6.45) is -0.663. The molecule has 0 aromatic heterocycles. The molecular formula is C17H17FN2O2. The molecule has 0 heterocycles. The van der Waals surface area contributed by atoms with Crippen molar-refractivity contribution in [3.8, 4) is 11.8 Å². The Hall–Kier alpha value is -2.42. The second kappa shape index (κ2) is 8.13. The molecule has 4 nitrogen and oxygen atoms in total. The van der Waals surface area contributed by atoms with Gasteiger partial charge in [0.1, 0.15) is 24.3 Å². The first kappa shape index (κ1) is 16.0. The van der Waals surface area contributed by atoms with E-state index in [9.17, 15) is 9.50 Å². The maximum atomic E-state index is 12.7. The molecule has 114 valence electrons. The van der Waals surface area contributed by atoms with Gasteiger partial charge in [-0.2, -0.15) is 5.26 Å². The lowest BCUT2D eigenvalue weighted by Crippen LogP contribution is -2.31. The average Bonchev–Trinajstić information content (AvgIpc) is 2.55. The van der Waals surface area contributed by atoms with Crippen molar-refractivity contribution >= 4 is 0 Å². The smallest absolute Gasteiger partial charge is 0.123 e. The third-order valence-corrected chi connectivity index (χ3v) is 3.05. The van der Waals surface area contributed by atoms with Crippen LogP contribution in [0.25, 0.3) is 0 Å². The number of aliphatic hydroxyl groups is 1. The van der Waals surface area contributed by atoms with E-state index in [1.165, 1.54) is 24.3 Å². The van der Waals surface area contributed by atoms with Gasteiger partial charge in [0.15, 0.2) is 0 Å². The molecule has 0 spiro atoms. The van der Waals surface area contributed by atoms with Crippen molar-refractivity contribution in [1.82, 2.24) is 5.32 Å². The van der Waals surface area contributed by atoms with Gasteiger partial charge in [-0.1, -0.05) is 12.1 Å². The van der Waals surface area contributed by atoms with E-state index in [1.54, 1.807) is 12.1 Å². The third kappa shape index (κ3) is 5.17. The lowest BCUT2D eigenvalue weighted by atomic mass is 10.1.